The van der Waals surface area contributed by atoms with E-state index in [9.17, 15) is 4.79 Å². The molecule has 0 aromatic carbocycles. The van der Waals surface area contributed by atoms with Crippen molar-refractivity contribution in [3.8, 4) is 0 Å². The summed E-state index contributed by atoms with van der Waals surface area (Å²) in [7, 11) is 1.31. The molecule has 0 saturated heterocycles. The molecule has 0 bridgehead atoms. The molecule has 90 valence electrons. The molecule has 2 aromatic rings. The van der Waals surface area contributed by atoms with Crippen LogP contribution in [0.15, 0.2) is 6.33 Å². The molecule has 0 spiro atoms. The van der Waals surface area contributed by atoms with Crippen LogP contribution in [0.1, 0.15) is 13.0 Å². The van der Waals surface area contributed by atoms with Crippen LogP contribution in [-0.4, -0.2) is 32.6 Å². The first-order valence-electron chi connectivity index (χ1n) is 4.68. The highest BCUT2D eigenvalue weighted by molar-refractivity contribution is 6.35. The van der Waals surface area contributed by atoms with Crippen molar-refractivity contribution >= 4 is 40.3 Å². The van der Waals surface area contributed by atoms with Gasteiger partial charge in [-0.25, -0.2) is 14.8 Å². The standard InChI is InChI=1S/C9H8Cl2N4O2/c1-4(8(16)17-2)15-3-12-5-6(10)13-9(11)14-7(5)15/h3-4H,1-2H3. The Morgan fingerprint density at radius 1 is 1.47 bits per heavy atom. The zero-order chi connectivity index (χ0) is 12.6. The zero-order valence-electron chi connectivity index (χ0n) is 9.02. The van der Waals surface area contributed by atoms with E-state index in [2.05, 4.69) is 19.7 Å². The van der Waals surface area contributed by atoms with Gasteiger partial charge in [0.05, 0.1) is 13.4 Å². The molecule has 0 aliphatic rings. The number of rotatable bonds is 2. The fraction of sp³-hybridized carbons (Fsp3) is 0.333. The average molecular weight is 275 g/mol. The van der Waals surface area contributed by atoms with Gasteiger partial charge in [-0.1, -0.05) is 11.6 Å². The summed E-state index contributed by atoms with van der Waals surface area (Å²) in [6.45, 7) is 1.66. The minimum absolute atomic E-state index is 0.00122. The minimum Gasteiger partial charge on any atom is -0.467 e. The Hall–Kier alpha value is -1.40. The maximum Gasteiger partial charge on any atom is 0.328 e. The first-order chi connectivity index (χ1) is 8.04. The van der Waals surface area contributed by atoms with Crippen molar-refractivity contribution in [2.75, 3.05) is 7.11 Å². The smallest absolute Gasteiger partial charge is 0.328 e. The number of carbonyl (C=O) groups excluding carboxylic acids is 1. The summed E-state index contributed by atoms with van der Waals surface area (Å²) < 4.78 is 6.18. The normalized spacial score (nSPS) is 12.7. The first kappa shape index (κ1) is 12.1. The molecule has 2 heterocycles. The molecular formula is C9H8Cl2N4O2. The number of aromatic nitrogens is 4. The zero-order valence-corrected chi connectivity index (χ0v) is 10.5. The highest BCUT2D eigenvalue weighted by atomic mass is 35.5. The molecule has 2 rings (SSSR count). The minimum atomic E-state index is -0.563. The quantitative estimate of drug-likeness (QED) is 0.475. The molecule has 1 unspecified atom stereocenters. The lowest BCUT2D eigenvalue weighted by atomic mass is 10.3. The summed E-state index contributed by atoms with van der Waals surface area (Å²) in [5.74, 6) is -0.407. The summed E-state index contributed by atoms with van der Waals surface area (Å²) in [6, 6.07) is -0.563. The number of hydrogen-bond acceptors (Lipinski definition) is 5. The van der Waals surface area contributed by atoms with Gasteiger partial charge in [0.2, 0.25) is 5.28 Å². The predicted octanol–water partition coefficient (Wildman–Crippen LogP) is 1.87. The van der Waals surface area contributed by atoms with Gasteiger partial charge in [-0.2, -0.15) is 4.98 Å². The molecular weight excluding hydrogens is 267 g/mol. The Morgan fingerprint density at radius 3 is 2.82 bits per heavy atom. The van der Waals surface area contributed by atoms with E-state index >= 15 is 0 Å². The molecule has 0 fully saturated rings. The molecule has 0 aliphatic heterocycles. The first-order valence-corrected chi connectivity index (χ1v) is 5.43. The Bertz CT molecular complexity index is 584. The third kappa shape index (κ3) is 2.05. The number of ether oxygens (including phenoxy) is 1. The maximum atomic E-state index is 11.4. The summed E-state index contributed by atoms with van der Waals surface area (Å²) in [5.41, 5.74) is 0.791. The van der Waals surface area contributed by atoms with E-state index in [0.29, 0.717) is 11.2 Å². The van der Waals surface area contributed by atoms with Gasteiger partial charge >= 0.3 is 5.97 Å². The molecule has 0 amide bonds. The van der Waals surface area contributed by atoms with E-state index in [0.717, 1.165) is 0 Å². The van der Waals surface area contributed by atoms with Crippen molar-refractivity contribution in [3.63, 3.8) is 0 Å². The van der Waals surface area contributed by atoms with E-state index in [1.165, 1.54) is 18.0 Å². The second kappa shape index (κ2) is 4.46. The summed E-state index contributed by atoms with van der Waals surface area (Å²) >= 11 is 11.6. The lowest BCUT2D eigenvalue weighted by molar-refractivity contribution is -0.143. The second-order valence-corrected chi connectivity index (χ2v) is 4.00. The third-order valence-electron chi connectivity index (χ3n) is 2.31. The van der Waals surface area contributed by atoms with E-state index in [4.69, 9.17) is 23.2 Å². The van der Waals surface area contributed by atoms with E-state index in [1.54, 1.807) is 6.92 Å². The van der Waals surface area contributed by atoms with Crippen LogP contribution in [0.4, 0.5) is 0 Å². The van der Waals surface area contributed by atoms with E-state index < -0.39 is 12.0 Å². The van der Waals surface area contributed by atoms with Gasteiger partial charge in [-0.3, -0.25) is 0 Å². The van der Waals surface area contributed by atoms with Crippen molar-refractivity contribution in [1.29, 1.82) is 0 Å². The van der Waals surface area contributed by atoms with Crippen molar-refractivity contribution in [2.24, 2.45) is 0 Å². The molecule has 0 saturated carbocycles. The number of halogens is 2. The molecule has 8 heteroatoms. The van der Waals surface area contributed by atoms with Crippen LogP contribution < -0.4 is 0 Å². The van der Waals surface area contributed by atoms with Gasteiger partial charge in [0, 0.05) is 0 Å². The largest absolute Gasteiger partial charge is 0.467 e. The SMILES string of the molecule is COC(=O)C(C)n1cnc2c(Cl)nc(Cl)nc21. The molecule has 17 heavy (non-hydrogen) atoms. The number of fused-ring (bicyclic) bond motifs is 1. The number of nitrogens with zero attached hydrogens (tertiary/aromatic N) is 4. The van der Waals surface area contributed by atoms with Gasteiger partial charge in [0.15, 0.2) is 10.8 Å². The fourth-order valence-electron chi connectivity index (χ4n) is 1.42. The van der Waals surface area contributed by atoms with Crippen molar-refractivity contribution in [2.45, 2.75) is 13.0 Å². The highest BCUT2D eigenvalue weighted by Gasteiger charge is 2.20. The van der Waals surface area contributed by atoms with Crippen LogP contribution in [0.5, 0.6) is 0 Å². The van der Waals surface area contributed by atoms with Gasteiger partial charge in [-0.05, 0) is 18.5 Å². The number of imidazole rings is 1. The van der Waals surface area contributed by atoms with Crippen molar-refractivity contribution < 1.29 is 9.53 Å². The summed E-state index contributed by atoms with van der Waals surface area (Å²) in [4.78, 5) is 23.2. The molecule has 6 nitrogen and oxygen atoms in total. The van der Waals surface area contributed by atoms with Crippen molar-refractivity contribution in [1.82, 2.24) is 19.5 Å². The van der Waals surface area contributed by atoms with Gasteiger partial charge in [-0.15, -0.1) is 0 Å². The van der Waals surface area contributed by atoms with E-state index in [-0.39, 0.29) is 10.4 Å². The lowest BCUT2D eigenvalue weighted by Gasteiger charge is -2.10. The average Bonchev–Trinajstić information content (AvgIpc) is 2.70. The Balaban J connectivity index is 2.60. The maximum absolute atomic E-state index is 11.4. The van der Waals surface area contributed by atoms with Crippen LogP contribution in [0.25, 0.3) is 11.2 Å². The topological polar surface area (TPSA) is 69.9 Å². The lowest BCUT2D eigenvalue weighted by Crippen LogP contribution is -2.17. The number of methoxy groups -OCH3 is 1. The van der Waals surface area contributed by atoms with Crippen LogP contribution in [0.2, 0.25) is 10.4 Å². The number of esters is 1. The Labute approximate surface area is 107 Å². The van der Waals surface area contributed by atoms with Gasteiger partial charge in [0.1, 0.15) is 11.6 Å². The number of carbonyl (C=O) groups is 1. The van der Waals surface area contributed by atoms with E-state index in [1.807, 2.05) is 0 Å². The molecule has 2 aromatic heterocycles. The number of hydrogen-bond donors (Lipinski definition) is 0. The van der Waals surface area contributed by atoms with Crippen LogP contribution in [-0.2, 0) is 9.53 Å². The van der Waals surface area contributed by atoms with Gasteiger partial charge < -0.3 is 9.30 Å². The van der Waals surface area contributed by atoms with Crippen LogP contribution >= 0.6 is 23.2 Å². The molecule has 0 aliphatic carbocycles. The summed E-state index contributed by atoms with van der Waals surface area (Å²) in [5, 5.41) is 0.150. The van der Waals surface area contributed by atoms with Crippen molar-refractivity contribution in [3.05, 3.63) is 16.8 Å². The Kier molecular flexibility index (Phi) is 3.17. The third-order valence-corrected chi connectivity index (χ3v) is 2.74. The highest BCUT2D eigenvalue weighted by Crippen LogP contribution is 2.23. The molecule has 0 radical (unpaired) electrons. The Morgan fingerprint density at radius 2 is 2.18 bits per heavy atom. The second-order valence-electron chi connectivity index (χ2n) is 3.31. The summed E-state index contributed by atoms with van der Waals surface area (Å²) in [6.07, 6.45) is 1.45. The molecule has 1 atom stereocenters. The fourth-order valence-corrected chi connectivity index (χ4v) is 1.85. The van der Waals surface area contributed by atoms with Crippen LogP contribution in [0, 0.1) is 0 Å². The molecule has 0 N–H and O–H groups in total. The van der Waals surface area contributed by atoms with Crippen LogP contribution in [0.3, 0.4) is 0 Å². The van der Waals surface area contributed by atoms with Gasteiger partial charge in [0.25, 0.3) is 0 Å². The predicted molar refractivity (Wildman–Crippen MR) is 62.1 cm³/mol. The monoisotopic (exact) mass is 274 g/mol.